The molecule has 0 saturated heterocycles. The maximum absolute atomic E-state index is 12.0. The maximum atomic E-state index is 12.0. The van der Waals surface area contributed by atoms with Crippen molar-refractivity contribution in [2.45, 2.75) is 20.0 Å². The summed E-state index contributed by atoms with van der Waals surface area (Å²) >= 11 is 0. The molecule has 2 rings (SSSR count). The van der Waals surface area contributed by atoms with E-state index in [1.807, 2.05) is 37.3 Å². The summed E-state index contributed by atoms with van der Waals surface area (Å²) in [7, 11) is 0. The van der Waals surface area contributed by atoms with Crippen LogP contribution in [0.2, 0.25) is 0 Å². The molecule has 0 saturated carbocycles. The van der Waals surface area contributed by atoms with Crippen molar-refractivity contribution in [2.24, 2.45) is 5.92 Å². The lowest BCUT2D eigenvalue weighted by molar-refractivity contribution is -0.120. The highest BCUT2D eigenvalue weighted by molar-refractivity contribution is 5.91. The number of carboxylic acids is 1. The van der Waals surface area contributed by atoms with Gasteiger partial charge in [0.1, 0.15) is 0 Å². The van der Waals surface area contributed by atoms with Crippen LogP contribution in [0.1, 0.15) is 28.4 Å². The van der Waals surface area contributed by atoms with E-state index in [0.717, 1.165) is 5.56 Å². The average molecular weight is 341 g/mol. The van der Waals surface area contributed by atoms with Gasteiger partial charge in [0.2, 0.25) is 5.91 Å². The molecular weight excluding hydrogens is 318 g/mol. The first-order valence-electron chi connectivity index (χ1n) is 8.26. The van der Waals surface area contributed by atoms with Gasteiger partial charge in [-0.15, -0.1) is 0 Å². The number of nitrogens with one attached hydrogen (secondary N) is 1. The summed E-state index contributed by atoms with van der Waals surface area (Å²) in [5.74, 6) is -1.04. The van der Waals surface area contributed by atoms with Gasteiger partial charge >= 0.3 is 5.97 Å². The summed E-state index contributed by atoms with van der Waals surface area (Å²) in [5, 5.41) is 12.0. The molecule has 1 amide bonds. The first-order valence-corrected chi connectivity index (χ1v) is 8.26. The predicted molar refractivity (Wildman–Crippen MR) is 95.4 cm³/mol. The van der Waals surface area contributed by atoms with Gasteiger partial charge in [-0.1, -0.05) is 55.5 Å². The van der Waals surface area contributed by atoms with Crippen molar-refractivity contribution in [1.29, 1.82) is 0 Å². The number of benzene rings is 2. The molecule has 0 aliphatic carbocycles. The molecule has 0 aliphatic heterocycles. The lowest BCUT2D eigenvalue weighted by Gasteiger charge is -2.14. The van der Waals surface area contributed by atoms with Crippen LogP contribution in [-0.2, 0) is 22.6 Å². The van der Waals surface area contributed by atoms with Crippen LogP contribution >= 0.6 is 0 Å². The zero-order valence-electron chi connectivity index (χ0n) is 14.3. The van der Waals surface area contributed by atoms with Gasteiger partial charge in [-0.05, 0) is 23.1 Å². The molecule has 0 bridgehead atoms. The van der Waals surface area contributed by atoms with E-state index >= 15 is 0 Å². The monoisotopic (exact) mass is 341 g/mol. The fraction of sp³-hybridized carbons (Fsp3) is 0.300. The Morgan fingerprint density at radius 1 is 1.08 bits per heavy atom. The van der Waals surface area contributed by atoms with E-state index in [0.29, 0.717) is 25.3 Å². The quantitative estimate of drug-likeness (QED) is 0.735. The average Bonchev–Trinajstić information content (AvgIpc) is 2.61. The van der Waals surface area contributed by atoms with Gasteiger partial charge in [0.25, 0.3) is 0 Å². The van der Waals surface area contributed by atoms with Crippen molar-refractivity contribution in [3.63, 3.8) is 0 Å². The molecule has 2 N–H and O–H groups in total. The van der Waals surface area contributed by atoms with Crippen molar-refractivity contribution in [3.05, 3.63) is 71.3 Å². The Balaban J connectivity index is 1.71. The van der Waals surface area contributed by atoms with E-state index in [1.165, 1.54) is 6.07 Å². The lowest BCUT2D eigenvalue weighted by atomic mass is 10.0. The number of ether oxygens (including phenoxy) is 1. The topological polar surface area (TPSA) is 75.6 Å². The zero-order chi connectivity index (χ0) is 18.1. The molecule has 0 heterocycles. The molecule has 5 heteroatoms. The molecular formula is C20H23NO4. The Morgan fingerprint density at radius 2 is 1.76 bits per heavy atom. The van der Waals surface area contributed by atoms with Crippen LogP contribution in [0, 0.1) is 5.92 Å². The van der Waals surface area contributed by atoms with Gasteiger partial charge in [0, 0.05) is 6.54 Å². The molecule has 5 nitrogen and oxygen atoms in total. The molecule has 0 fully saturated rings. The van der Waals surface area contributed by atoms with Crippen molar-refractivity contribution >= 4 is 11.9 Å². The number of carbonyl (C=O) groups is 2. The van der Waals surface area contributed by atoms with Gasteiger partial charge in [-0.2, -0.15) is 0 Å². The number of rotatable bonds is 9. The molecule has 1 unspecified atom stereocenters. The third-order valence-corrected chi connectivity index (χ3v) is 3.76. The van der Waals surface area contributed by atoms with Crippen molar-refractivity contribution in [2.75, 3.05) is 13.2 Å². The first-order chi connectivity index (χ1) is 12.1. The number of amides is 1. The highest BCUT2D eigenvalue weighted by atomic mass is 16.5. The van der Waals surface area contributed by atoms with Crippen LogP contribution in [0.25, 0.3) is 0 Å². The number of carboxylic acid groups (broad SMARTS) is 1. The van der Waals surface area contributed by atoms with E-state index in [-0.39, 0.29) is 23.8 Å². The molecule has 0 aliphatic rings. The number of aromatic carboxylic acids is 1. The molecule has 0 spiro atoms. The van der Waals surface area contributed by atoms with Crippen molar-refractivity contribution < 1.29 is 19.4 Å². The third kappa shape index (κ3) is 6.39. The van der Waals surface area contributed by atoms with Crippen LogP contribution in [0.15, 0.2) is 54.6 Å². The Kier molecular flexibility index (Phi) is 7.16. The van der Waals surface area contributed by atoms with Gasteiger partial charge in [0.15, 0.2) is 0 Å². The SMILES string of the molecule is CC(CNC(=O)Cc1ccccc1C(=O)O)COCc1ccccc1. The smallest absolute Gasteiger partial charge is 0.335 e. The standard InChI is InChI=1S/C20H23NO4/c1-15(13-25-14-16-7-3-2-4-8-16)12-21-19(22)11-17-9-5-6-10-18(17)20(23)24/h2-10,15H,11-14H2,1H3,(H,21,22)(H,23,24). The van der Waals surface area contributed by atoms with E-state index < -0.39 is 5.97 Å². The highest BCUT2D eigenvalue weighted by Crippen LogP contribution is 2.09. The van der Waals surface area contributed by atoms with Crippen LogP contribution in [0.3, 0.4) is 0 Å². The fourth-order valence-corrected chi connectivity index (χ4v) is 2.42. The second-order valence-corrected chi connectivity index (χ2v) is 6.05. The van der Waals surface area contributed by atoms with Crippen LogP contribution in [0.5, 0.6) is 0 Å². The van der Waals surface area contributed by atoms with E-state index in [1.54, 1.807) is 18.2 Å². The van der Waals surface area contributed by atoms with Gasteiger partial charge in [-0.3, -0.25) is 4.79 Å². The summed E-state index contributed by atoms with van der Waals surface area (Å²) in [6.07, 6.45) is 0.0556. The normalized spacial score (nSPS) is 11.7. The second kappa shape index (κ2) is 9.59. The minimum atomic E-state index is -1.02. The largest absolute Gasteiger partial charge is 0.478 e. The molecule has 25 heavy (non-hydrogen) atoms. The van der Waals surface area contributed by atoms with E-state index in [4.69, 9.17) is 9.84 Å². The molecule has 132 valence electrons. The Hall–Kier alpha value is -2.66. The maximum Gasteiger partial charge on any atom is 0.335 e. The van der Waals surface area contributed by atoms with Crippen molar-refractivity contribution in [1.82, 2.24) is 5.32 Å². The minimum Gasteiger partial charge on any atom is -0.478 e. The zero-order valence-corrected chi connectivity index (χ0v) is 14.3. The first kappa shape index (κ1) is 18.7. The van der Waals surface area contributed by atoms with Crippen LogP contribution in [0.4, 0.5) is 0 Å². The summed E-state index contributed by atoms with van der Waals surface area (Å²) in [5.41, 5.74) is 1.79. The molecule has 2 aromatic carbocycles. The summed E-state index contributed by atoms with van der Waals surface area (Å²) < 4.78 is 5.65. The summed E-state index contributed by atoms with van der Waals surface area (Å²) in [6, 6.07) is 16.5. The Labute approximate surface area is 147 Å². The Bertz CT molecular complexity index is 700. The number of hydrogen-bond acceptors (Lipinski definition) is 3. The summed E-state index contributed by atoms with van der Waals surface area (Å²) in [6.45, 7) is 3.57. The van der Waals surface area contributed by atoms with Gasteiger partial charge in [-0.25, -0.2) is 4.79 Å². The lowest BCUT2D eigenvalue weighted by Crippen LogP contribution is -2.31. The summed E-state index contributed by atoms with van der Waals surface area (Å²) in [4.78, 5) is 23.2. The van der Waals surface area contributed by atoms with Crippen molar-refractivity contribution in [3.8, 4) is 0 Å². The highest BCUT2D eigenvalue weighted by Gasteiger charge is 2.13. The second-order valence-electron chi connectivity index (χ2n) is 6.05. The number of carbonyl (C=O) groups excluding carboxylic acids is 1. The fourth-order valence-electron chi connectivity index (χ4n) is 2.42. The van der Waals surface area contributed by atoms with E-state index in [9.17, 15) is 9.59 Å². The van der Waals surface area contributed by atoms with Gasteiger partial charge in [0.05, 0.1) is 25.2 Å². The van der Waals surface area contributed by atoms with Crippen LogP contribution in [-0.4, -0.2) is 30.1 Å². The van der Waals surface area contributed by atoms with Gasteiger partial charge < -0.3 is 15.2 Å². The third-order valence-electron chi connectivity index (χ3n) is 3.76. The molecule has 2 aromatic rings. The van der Waals surface area contributed by atoms with Crippen LogP contribution < -0.4 is 5.32 Å². The predicted octanol–water partition coefficient (Wildman–Crippen LogP) is 2.90. The number of hydrogen-bond donors (Lipinski definition) is 2. The molecule has 1 atom stereocenters. The Morgan fingerprint density at radius 3 is 2.48 bits per heavy atom. The van der Waals surface area contributed by atoms with E-state index in [2.05, 4.69) is 5.32 Å². The molecule has 0 radical (unpaired) electrons. The minimum absolute atomic E-state index is 0.0556. The molecule has 0 aromatic heterocycles.